The lowest BCUT2D eigenvalue weighted by molar-refractivity contribution is 0.350. The first-order valence-corrected chi connectivity index (χ1v) is 5.76. The average molecular weight is 229 g/mol. The molecule has 0 aliphatic rings. The maximum absolute atomic E-state index is 12.5. The molecule has 0 aliphatic heterocycles. The number of rotatable bonds is 5. The van der Waals surface area contributed by atoms with Gasteiger partial charge in [-0.05, 0) is 43.0 Å². The Kier molecular flexibility index (Phi) is 8.72. The van der Waals surface area contributed by atoms with E-state index in [9.17, 15) is 8.78 Å². The van der Waals surface area contributed by atoms with E-state index in [1.54, 1.807) is 12.1 Å². The molecule has 0 radical (unpaired) electrons. The minimum atomic E-state index is -0.377. The standard InChI is InChI=1S/C11H15F2N.C2H6/c12-7-10(8-14)2-1-9-3-5-11(13)6-4-9;1-2/h3-6,10H,1-2,7-8,14H2;1-2H3. The highest BCUT2D eigenvalue weighted by Gasteiger charge is 2.05. The molecule has 16 heavy (non-hydrogen) atoms. The van der Waals surface area contributed by atoms with Crippen molar-refractivity contribution in [3.63, 3.8) is 0 Å². The second kappa shape index (κ2) is 9.28. The lowest BCUT2D eigenvalue weighted by Crippen LogP contribution is -2.16. The normalized spacial score (nSPS) is 11.6. The Labute approximate surface area is 96.7 Å². The van der Waals surface area contributed by atoms with Crippen LogP contribution in [0.15, 0.2) is 24.3 Å². The summed E-state index contributed by atoms with van der Waals surface area (Å²) < 4.78 is 24.8. The third kappa shape index (κ3) is 5.81. The van der Waals surface area contributed by atoms with Gasteiger partial charge in [0.25, 0.3) is 0 Å². The Hall–Kier alpha value is -0.960. The van der Waals surface area contributed by atoms with Gasteiger partial charge < -0.3 is 5.73 Å². The van der Waals surface area contributed by atoms with Crippen molar-refractivity contribution < 1.29 is 8.78 Å². The van der Waals surface area contributed by atoms with E-state index in [1.807, 2.05) is 13.8 Å². The number of hydrogen-bond acceptors (Lipinski definition) is 1. The van der Waals surface area contributed by atoms with Crippen molar-refractivity contribution >= 4 is 0 Å². The van der Waals surface area contributed by atoms with E-state index in [0.717, 1.165) is 18.4 Å². The Morgan fingerprint density at radius 1 is 1.19 bits per heavy atom. The van der Waals surface area contributed by atoms with Crippen LogP contribution in [0.2, 0.25) is 0 Å². The van der Waals surface area contributed by atoms with Crippen LogP contribution in [0, 0.1) is 11.7 Å². The molecule has 0 aliphatic carbocycles. The molecule has 1 aromatic carbocycles. The second-order valence-corrected chi connectivity index (χ2v) is 3.42. The van der Waals surface area contributed by atoms with E-state index >= 15 is 0 Å². The van der Waals surface area contributed by atoms with Crippen molar-refractivity contribution in [2.24, 2.45) is 11.7 Å². The first kappa shape index (κ1) is 15.0. The van der Waals surface area contributed by atoms with Crippen molar-refractivity contribution in [2.75, 3.05) is 13.2 Å². The summed E-state index contributed by atoms with van der Waals surface area (Å²) in [4.78, 5) is 0. The van der Waals surface area contributed by atoms with E-state index < -0.39 is 0 Å². The topological polar surface area (TPSA) is 26.0 Å². The van der Waals surface area contributed by atoms with Crippen molar-refractivity contribution in [3.05, 3.63) is 35.6 Å². The quantitative estimate of drug-likeness (QED) is 0.823. The van der Waals surface area contributed by atoms with Crippen molar-refractivity contribution in [1.29, 1.82) is 0 Å². The van der Waals surface area contributed by atoms with Gasteiger partial charge in [0.15, 0.2) is 0 Å². The lowest BCUT2D eigenvalue weighted by Gasteiger charge is -2.09. The highest BCUT2D eigenvalue weighted by molar-refractivity contribution is 5.16. The maximum Gasteiger partial charge on any atom is 0.123 e. The van der Waals surface area contributed by atoms with Gasteiger partial charge in [-0.1, -0.05) is 26.0 Å². The second-order valence-electron chi connectivity index (χ2n) is 3.42. The van der Waals surface area contributed by atoms with E-state index in [-0.39, 0.29) is 18.4 Å². The number of alkyl halides is 1. The number of halogens is 2. The predicted molar refractivity (Wildman–Crippen MR) is 64.6 cm³/mol. The van der Waals surface area contributed by atoms with Gasteiger partial charge in [-0.25, -0.2) is 4.39 Å². The molecule has 3 heteroatoms. The zero-order valence-corrected chi connectivity index (χ0v) is 10.0. The number of aryl methyl sites for hydroxylation is 1. The molecule has 2 N–H and O–H groups in total. The van der Waals surface area contributed by atoms with Crippen LogP contribution >= 0.6 is 0 Å². The van der Waals surface area contributed by atoms with Crippen LogP contribution in [0.4, 0.5) is 8.78 Å². The first-order chi connectivity index (χ1) is 7.76. The van der Waals surface area contributed by atoms with Crippen LogP contribution in [0.3, 0.4) is 0 Å². The summed E-state index contributed by atoms with van der Waals surface area (Å²) in [5, 5.41) is 0. The molecule has 0 saturated carbocycles. The van der Waals surface area contributed by atoms with Crippen molar-refractivity contribution in [1.82, 2.24) is 0 Å². The summed E-state index contributed by atoms with van der Waals surface area (Å²) in [5.41, 5.74) is 6.40. The summed E-state index contributed by atoms with van der Waals surface area (Å²) in [5.74, 6) is -0.310. The molecule has 0 saturated heterocycles. The number of benzene rings is 1. The summed E-state index contributed by atoms with van der Waals surface area (Å²) in [7, 11) is 0. The molecular formula is C13H21F2N. The van der Waals surface area contributed by atoms with Crippen molar-refractivity contribution in [2.45, 2.75) is 26.7 Å². The molecular weight excluding hydrogens is 208 g/mol. The zero-order valence-electron chi connectivity index (χ0n) is 10.0. The van der Waals surface area contributed by atoms with E-state index in [2.05, 4.69) is 0 Å². The molecule has 0 fully saturated rings. The largest absolute Gasteiger partial charge is 0.330 e. The summed E-state index contributed by atoms with van der Waals surface area (Å²) in [6.45, 7) is 4.00. The summed E-state index contributed by atoms with van der Waals surface area (Å²) in [6.07, 6.45) is 1.48. The van der Waals surface area contributed by atoms with Gasteiger partial charge >= 0.3 is 0 Å². The van der Waals surface area contributed by atoms with Crippen LogP contribution in [0.1, 0.15) is 25.8 Å². The minimum Gasteiger partial charge on any atom is -0.330 e. The molecule has 0 bridgehead atoms. The molecule has 1 nitrogen and oxygen atoms in total. The Morgan fingerprint density at radius 3 is 2.19 bits per heavy atom. The molecule has 0 heterocycles. The van der Waals surface area contributed by atoms with Crippen LogP contribution in [-0.2, 0) is 6.42 Å². The van der Waals surface area contributed by atoms with Crippen LogP contribution < -0.4 is 5.73 Å². The molecule has 1 rings (SSSR count). The smallest absolute Gasteiger partial charge is 0.123 e. The third-order valence-electron chi connectivity index (χ3n) is 2.31. The Bertz CT molecular complexity index is 255. The fourth-order valence-electron chi connectivity index (χ4n) is 1.28. The zero-order chi connectivity index (χ0) is 12.4. The lowest BCUT2D eigenvalue weighted by atomic mass is 10.0. The Morgan fingerprint density at radius 2 is 1.75 bits per heavy atom. The fourth-order valence-corrected chi connectivity index (χ4v) is 1.28. The van der Waals surface area contributed by atoms with Gasteiger partial charge in [-0.15, -0.1) is 0 Å². The first-order valence-electron chi connectivity index (χ1n) is 5.76. The average Bonchev–Trinajstić information content (AvgIpc) is 2.35. The fraction of sp³-hybridized carbons (Fsp3) is 0.538. The van der Waals surface area contributed by atoms with Crippen molar-refractivity contribution in [3.8, 4) is 0 Å². The maximum atomic E-state index is 12.5. The molecule has 1 atom stereocenters. The van der Waals surface area contributed by atoms with E-state index in [1.165, 1.54) is 12.1 Å². The van der Waals surface area contributed by atoms with E-state index in [4.69, 9.17) is 5.73 Å². The molecule has 0 aromatic heterocycles. The number of nitrogens with two attached hydrogens (primary N) is 1. The van der Waals surface area contributed by atoms with Gasteiger partial charge in [-0.3, -0.25) is 4.39 Å². The van der Waals surface area contributed by atoms with Gasteiger partial charge in [0.2, 0.25) is 0 Å². The van der Waals surface area contributed by atoms with E-state index in [0.29, 0.717) is 6.54 Å². The monoisotopic (exact) mass is 229 g/mol. The van der Waals surface area contributed by atoms with Crippen LogP contribution in [0.5, 0.6) is 0 Å². The molecule has 0 amide bonds. The van der Waals surface area contributed by atoms with Crippen LogP contribution in [-0.4, -0.2) is 13.2 Å². The third-order valence-corrected chi connectivity index (χ3v) is 2.31. The van der Waals surface area contributed by atoms with Crippen LogP contribution in [0.25, 0.3) is 0 Å². The van der Waals surface area contributed by atoms with Gasteiger partial charge in [0, 0.05) is 0 Å². The summed E-state index contributed by atoms with van der Waals surface area (Å²) in [6, 6.07) is 6.28. The van der Waals surface area contributed by atoms with Gasteiger partial charge in [0.05, 0.1) is 6.67 Å². The highest BCUT2D eigenvalue weighted by Crippen LogP contribution is 2.10. The van der Waals surface area contributed by atoms with Gasteiger partial charge in [0.1, 0.15) is 5.82 Å². The SMILES string of the molecule is CC.NCC(CF)CCc1ccc(F)cc1. The van der Waals surface area contributed by atoms with Gasteiger partial charge in [-0.2, -0.15) is 0 Å². The molecule has 1 unspecified atom stereocenters. The molecule has 1 aromatic rings. The highest BCUT2D eigenvalue weighted by atomic mass is 19.1. The Balaban J connectivity index is 0.00000106. The predicted octanol–water partition coefficient (Wildman–Crippen LogP) is 3.33. The molecule has 0 spiro atoms. The molecule has 92 valence electrons. The number of hydrogen-bond donors (Lipinski definition) is 1. The summed E-state index contributed by atoms with van der Waals surface area (Å²) >= 11 is 0. The minimum absolute atomic E-state index is 0.0694.